The van der Waals surface area contributed by atoms with E-state index in [0.29, 0.717) is 12.1 Å². The lowest BCUT2D eigenvalue weighted by Gasteiger charge is -2.15. The molecule has 3 rings (SSSR count). The van der Waals surface area contributed by atoms with Crippen molar-refractivity contribution in [3.05, 3.63) is 70.0 Å². The van der Waals surface area contributed by atoms with E-state index in [1.165, 1.54) is 13.1 Å². The number of nitrogens with zero attached hydrogens (tertiary/aromatic N) is 3. The highest BCUT2D eigenvalue weighted by atomic mass is 19.4. The number of esters is 1. The van der Waals surface area contributed by atoms with Gasteiger partial charge in [-0.05, 0) is 42.8 Å². The number of carbonyl (C=O) groups excluding carboxylic acids is 1. The van der Waals surface area contributed by atoms with Gasteiger partial charge in [0.15, 0.2) is 0 Å². The third-order valence-corrected chi connectivity index (χ3v) is 4.93. The highest BCUT2D eigenvalue weighted by Crippen LogP contribution is 2.37. The van der Waals surface area contributed by atoms with E-state index in [4.69, 9.17) is 4.74 Å². The van der Waals surface area contributed by atoms with Crippen molar-refractivity contribution >= 4 is 29.0 Å². The second-order valence-corrected chi connectivity index (χ2v) is 7.38. The smallest absolute Gasteiger partial charge is 0.416 e. The normalized spacial score (nSPS) is 12.4. The minimum atomic E-state index is -5.06. The Morgan fingerprint density at radius 1 is 1.14 bits per heavy atom. The van der Waals surface area contributed by atoms with Gasteiger partial charge in [0.2, 0.25) is 0 Å². The minimum Gasteiger partial charge on any atom is -0.478 e. The summed E-state index contributed by atoms with van der Waals surface area (Å²) < 4.78 is 85.5. The summed E-state index contributed by atoms with van der Waals surface area (Å²) in [5.41, 5.74) is -4.37. The number of carboxylic acids is 1. The van der Waals surface area contributed by atoms with Gasteiger partial charge < -0.3 is 14.4 Å². The van der Waals surface area contributed by atoms with Crippen LogP contribution in [-0.2, 0) is 28.4 Å². The summed E-state index contributed by atoms with van der Waals surface area (Å²) in [5.74, 6) is -2.42. The van der Waals surface area contributed by atoms with Crippen LogP contribution in [0.4, 0.5) is 26.3 Å². The molecule has 1 aromatic carbocycles. The van der Waals surface area contributed by atoms with Crippen molar-refractivity contribution in [3.63, 3.8) is 0 Å². The molecule has 188 valence electrons. The molecule has 0 amide bonds. The van der Waals surface area contributed by atoms with E-state index in [-0.39, 0.29) is 34.8 Å². The largest absolute Gasteiger partial charge is 0.478 e. The summed E-state index contributed by atoms with van der Waals surface area (Å²) in [4.78, 5) is 27.8. The van der Waals surface area contributed by atoms with Gasteiger partial charge in [-0.1, -0.05) is 0 Å². The number of ether oxygens (including phenoxy) is 1. The number of halogens is 6. The van der Waals surface area contributed by atoms with Crippen LogP contribution in [0.3, 0.4) is 0 Å². The summed E-state index contributed by atoms with van der Waals surface area (Å²) >= 11 is 0. The van der Waals surface area contributed by atoms with Crippen LogP contribution in [0.25, 0.3) is 17.1 Å². The predicted molar refractivity (Wildman–Crippen MR) is 112 cm³/mol. The van der Waals surface area contributed by atoms with Gasteiger partial charge >= 0.3 is 24.3 Å². The number of aromatic nitrogens is 2. The predicted octanol–water partition coefficient (Wildman–Crippen LogP) is 5.29. The summed E-state index contributed by atoms with van der Waals surface area (Å²) in [7, 11) is 0. The maximum absolute atomic E-state index is 13.3. The average Bonchev–Trinajstić information content (AvgIpc) is 3.13. The number of aromatic carboxylic acids is 1. The van der Waals surface area contributed by atoms with Crippen molar-refractivity contribution in [1.82, 2.24) is 9.55 Å². The van der Waals surface area contributed by atoms with Crippen LogP contribution in [0.5, 0.6) is 0 Å². The van der Waals surface area contributed by atoms with E-state index < -0.39 is 53.1 Å². The summed E-state index contributed by atoms with van der Waals surface area (Å²) in [6.07, 6.45) is -6.83. The van der Waals surface area contributed by atoms with Crippen molar-refractivity contribution in [2.24, 2.45) is 0 Å². The van der Waals surface area contributed by atoms with Crippen molar-refractivity contribution in [2.45, 2.75) is 25.8 Å². The second-order valence-electron chi connectivity index (χ2n) is 7.38. The maximum Gasteiger partial charge on any atom is 0.416 e. The Labute approximate surface area is 198 Å². The van der Waals surface area contributed by atoms with Crippen LogP contribution in [0.15, 0.2) is 42.2 Å². The number of benzene rings is 1. The number of nitriles is 1. The lowest BCUT2D eigenvalue weighted by molar-refractivity contribution is -0.143. The Balaban J connectivity index is 2.24. The molecule has 0 unspecified atom stereocenters. The summed E-state index contributed by atoms with van der Waals surface area (Å²) in [6, 6.07) is 3.80. The van der Waals surface area contributed by atoms with Gasteiger partial charge in [-0.25, -0.2) is 14.6 Å². The van der Waals surface area contributed by atoms with Gasteiger partial charge in [0.05, 0.1) is 23.3 Å². The van der Waals surface area contributed by atoms with Crippen LogP contribution in [-0.4, -0.2) is 33.2 Å². The first-order valence-electron chi connectivity index (χ1n) is 10.0. The third kappa shape index (κ3) is 5.48. The number of hydrogen-bond donors (Lipinski definition) is 1. The van der Waals surface area contributed by atoms with Gasteiger partial charge in [-0.3, -0.25) is 0 Å². The quantitative estimate of drug-likeness (QED) is 0.209. The number of rotatable bonds is 6. The van der Waals surface area contributed by atoms with E-state index in [1.54, 1.807) is 6.07 Å². The van der Waals surface area contributed by atoms with E-state index in [1.807, 2.05) is 0 Å². The van der Waals surface area contributed by atoms with Gasteiger partial charge in [0.1, 0.15) is 17.3 Å². The number of carbonyl (C=O) groups is 2. The molecule has 2 heterocycles. The van der Waals surface area contributed by atoms with Gasteiger partial charge in [-0.2, -0.15) is 31.6 Å². The number of pyridine rings is 1. The van der Waals surface area contributed by atoms with Crippen LogP contribution < -0.4 is 0 Å². The first-order chi connectivity index (χ1) is 16.8. The molecule has 0 aliphatic carbocycles. The molecule has 2 aromatic heterocycles. The molecule has 36 heavy (non-hydrogen) atoms. The van der Waals surface area contributed by atoms with Crippen molar-refractivity contribution < 1.29 is 45.8 Å². The number of alkyl halides is 6. The monoisotopic (exact) mass is 511 g/mol. The molecule has 0 radical (unpaired) electrons. The lowest BCUT2D eigenvalue weighted by atomic mass is 10.0. The molecule has 0 spiro atoms. The SMILES string of the molecule is CCOC(=O)/C(C#N)=C/c1cn(Cc2cc(C(F)(F)F)cc(C(F)(F)F)c2)c2nccc(C(=O)O)c12. The highest BCUT2D eigenvalue weighted by Gasteiger charge is 2.37. The molecule has 0 fully saturated rings. The van der Waals surface area contributed by atoms with Gasteiger partial charge in [0, 0.05) is 29.9 Å². The van der Waals surface area contributed by atoms with Crippen LogP contribution >= 0.6 is 0 Å². The van der Waals surface area contributed by atoms with Crippen LogP contribution in [0.1, 0.15) is 39.5 Å². The molecule has 7 nitrogen and oxygen atoms in total. The van der Waals surface area contributed by atoms with E-state index in [0.717, 1.165) is 22.9 Å². The standard InChI is InChI=1S/C23H15F6N3O4/c1-2-36-21(35)13(9-30)7-14-11-32(19-18(14)17(20(33)34)3-4-31-19)10-12-5-15(22(24,25)26)8-16(6-12)23(27,28)29/h3-8,11H,2,10H2,1H3,(H,33,34)/b13-7+. The molecule has 0 aliphatic rings. The molecule has 0 atom stereocenters. The van der Waals surface area contributed by atoms with Crippen LogP contribution in [0, 0.1) is 11.3 Å². The number of hydrogen-bond acceptors (Lipinski definition) is 5. The molecule has 13 heteroatoms. The van der Waals surface area contributed by atoms with Crippen LogP contribution in [0.2, 0.25) is 0 Å². The van der Waals surface area contributed by atoms with Crippen molar-refractivity contribution in [1.29, 1.82) is 5.26 Å². The van der Waals surface area contributed by atoms with Crippen molar-refractivity contribution in [3.8, 4) is 6.07 Å². The average molecular weight is 511 g/mol. The van der Waals surface area contributed by atoms with E-state index in [2.05, 4.69) is 4.98 Å². The Hall–Kier alpha value is -4.34. The van der Waals surface area contributed by atoms with E-state index >= 15 is 0 Å². The molecule has 1 N–H and O–H groups in total. The maximum atomic E-state index is 13.3. The molecule has 0 saturated carbocycles. The fraction of sp³-hybridized carbons (Fsp3) is 0.217. The minimum absolute atomic E-state index is 0.00917. The first-order valence-corrected chi connectivity index (χ1v) is 10.0. The van der Waals surface area contributed by atoms with Crippen molar-refractivity contribution in [2.75, 3.05) is 6.61 Å². The Kier molecular flexibility index (Phi) is 7.10. The highest BCUT2D eigenvalue weighted by molar-refractivity contribution is 6.07. The molecular formula is C23H15F6N3O4. The third-order valence-electron chi connectivity index (χ3n) is 4.93. The number of carboxylic acid groups (broad SMARTS) is 1. The fourth-order valence-electron chi connectivity index (χ4n) is 3.46. The summed E-state index contributed by atoms with van der Waals surface area (Å²) in [5, 5.41) is 18.8. The second kappa shape index (κ2) is 9.73. The van der Waals surface area contributed by atoms with Gasteiger partial charge in [0.25, 0.3) is 0 Å². The zero-order chi connectivity index (χ0) is 26.8. The Morgan fingerprint density at radius 3 is 2.25 bits per heavy atom. The number of fused-ring (bicyclic) bond motifs is 1. The Morgan fingerprint density at radius 2 is 1.75 bits per heavy atom. The summed E-state index contributed by atoms with van der Waals surface area (Å²) in [6.45, 7) is 0.878. The fourth-order valence-corrected chi connectivity index (χ4v) is 3.46. The van der Waals surface area contributed by atoms with E-state index in [9.17, 15) is 46.3 Å². The zero-order valence-electron chi connectivity index (χ0n) is 18.2. The topological polar surface area (TPSA) is 105 Å². The molecular weight excluding hydrogens is 496 g/mol. The molecule has 3 aromatic rings. The molecule has 0 bridgehead atoms. The first kappa shape index (κ1) is 26.3. The lowest BCUT2D eigenvalue weighted by Crippen LogP contribution is -2.12. The van der Waals surface area contributed by atoms with Gasteiger partial charge in [-0.15, -0.1) is 0 Å². The molecule has 0 saturated heterocycles. The zero-order valence-corrected chi connectivity index (χ0v) is 18.2. The Bertz CT molecular complexity index is 1380. The molecule has 0 aliphatic heterocycles.